The molecule has 140 valence electrons. The predicted octanol–water partition coefficient (Wildman–Crippen LogP) is 2.70. The third kappa shape index (κ3) is 5.93. The van der Waals surface area contributed by atoms with Crippen LogP contribution in [0.5, 0.6) is 11.5 Å². The minimum absolute atomic E-state index is 0.229. The predicted molar refractivity (Wildman–Crippen MR) is 102 cm³/mol. The highest BCUT2D eigenvalue weighted by molar-refractivity contribution is 5.94. The largest absolute Gasteiger partial charge is 0.497 e. The van der Waals surface area contributed by atoms with Gasteiger partial charge in [0.2, 0.25) is 0 Å². The molecule has 6 nitrogen and oxygen atoms in total. The molecule has 0 amide bonds. The maximum Gasteiger partial charge on any atom is 0.193 e. The number of methoxy groups -OCH3 is 2. The monoisotopic (exact) mass is 360 g/mol. The number of guanidine groups is 1. The number of benzene rings is 2. The minimum Gasteiger partial charge on any atom is -0.497 e. The van der Waals surface area contributed by atoms with Crippen molar-refractivity contribution in [2.45, 2.75) is 6.54 Å². The van der Waals surface area contributed by atoms with Crippen molar-refractivity contribution in [3.63, 3.8) is 0 Å². The number of nitrogens with two attached hydrogens (primary N) is 1. The van der Waals surface area contributed by atoms with Crippen LogP contribution >= 0.6 is 0 Å². The molecule has 0 saturated heterocycles. The molecular weight excluding hydrogens is 335 g/mol. The third-order valence-corrected chi connectivity index (χ3v) is 3.80. The zero-order chi connectivity index (χ0) is 18.9. The first-order valence-corrected chi connectivity index (χ1v) is 8.23. The molecule has 26 heavy (non-hydrogen) atoms. The standard InChI is InChI=1S/C19H25FN4O2/c1-24(13-14-4-6-15(20)7-5-14)11-10-22-19(21)23-17-12-16(25-2)8-9-18(17)26-3/h4-9,12H,10-11,13H2,1-3H3,(H3,21,22,23). The van der Waals surface area contributed by atoms with Crippen molar-refractivity contribution in [3.05, 3.63) is 53.8 Å². The van der Waals surface area contributed by atoms with Crippen molar-refractivity contribution in [2.75, 3.05) is 39.7 Å². The average Bonchev–Trinajstić information content (AvgIpc) is 2.63. The van der Waals surface area contributed by atoms with Crippen LogP contribution in [0.25, 0.3) is 0 Å². The van der Waals surface area contributed by atoms with Crippen LogP contribution in [-0.2, 0) is 6.54 Å². The summed E-state index contributed by atoms with van der Waals surface area (Å²) in [6.45, 7) is 1.96. The number of halogens is 1. The highest BCUT2D eigenvalue weighted by atomic mass is 19.1. The topological polar surface area (TPSA) is 72.1 Å². The van der Waals surface area contributed by atoms with Crippen molar-refractivity contribution < 1.29 is 13.9 Å². The third-order valence-electron chi connectivity index (χ3n) is 3.80. The van der Waals surface area contributed by atoms with Crippen molar-refractivity contribution >= 4 is 11.6 Å². The molecule has 0 aliphatic rings. The molecule has 0 atom stereocenters. The summed E-state index contributed by atoms with van der Waals surface area (Å²) < 4.78 is 23.4. The molecule has 0 radical (unpaired) electrons. The van der Waals surface area contributed by atoms with Crippen LogP contribution in [0.2, 0.25) is 0 Å². The van der Waals surface area contributed by atoms with Gasteiger partial charge in [-0.2, -0.15) is 0 Å². The van der Waals surface area contributed by atoms with E-state index < -0.39 is 0 Å². The zero-order valence-electron chi connectivity index (χ0n) is 15.3. The first-order chi connectivity index (χ1) is 12.5. The summed E-state index contributed by atoms with van der Waals surface area (Å²) in [6, 6.07) is 11.9. The van der Waals surface area contributed by atoms with Gasteiger partial charge in [-0.05, 0) is 36.9 Å². The van der Waals surface area contributed by atoms with Crippen LogP contribution in [0, 0.1) is 5.82 Å². The smallest absolute Gasteiger partial charge is 0.193 e. The van der Waals surface area contributed by atoms with Gasteiger partial charge >= 0.3 is 0 Å². The molecule has 2 aromatic rings. The number of nitrogens with zero attached hydrogens (tertiary/aromatic N) is 2. The number of likely N-dealkylation sites (N-methyl/N-ethyl adjacent to an activating group) is 1. The number of anilines is 1. The number of hydrogen-bond donors (Lipinski definition) is 2. The molecule has 0 bridgehead atoms. The van der Waals surface area contributed by atoms with Crippen molar-refractivity contribution in [1.29, 1.82) is 0 Å². The van der Waals surface area contributed by atoms with Gasteiger partial charge in [0.1, 0.15) is 17.3 Å². The van der Waals surface area contributed by atoms with E-state index in [2.05, 4.69) is 15.2 Å². The van der Waals surface area contributed by atoms with Crippen LogP contribution < -0.4 is 20.5 Å². The summed E-state index contributed by atoms with van der Waals surface area (Å²) in [6.07, 6.45) is 0. The number of rotatable bonds is 8. The maximum atomic E-state index is 12.9. The van der Waals surface area contributed by atoms with Crippen LogP contribution in [0.3, 0.4) is 0 Å². The molecule has 0 saturated carbocycles. The van der Waals surface area contributed by atoms with Crippen LogP contribution in [-0.4, -0.2) is 45.2 Å². The van der Waals surface area contributed by atoms with Gasteiger partial charge in [-0.15, -0.1) is 0 Å². The molecule has 2 rings (SSSR count). The second kappa shape index (κ2) is 9.62. The van der Waals surface area contributed by atoms with Gasteiger partial charge in [-0.25, -0.2) is 4.39 Å². The molecular formula is C19H25FN4O2. The van der Waals surface area contributed by atoms with Gasteiger partial charge in [0, 0.05) is 19.2 Å². The lowest BCUT2D eigenvalue weighted by Crippen LogP contribution is -2.26. The molecule has 0 aliphatic carbocycles. The Morgan fingerprint density at radius 3 is 2.54 bits per heavy atom. The lowest BCUT2D eigenvalue weighted by Gasteiger charge is -2.16. The molecule has 3 N–H and O–H groups in total. The van der Waals surface area contributed by atoms with Gasteiger partial charge in [0.05, 0.1) is 26.5 Å². The van der Waals surface area contributed by atoms with Gasteiger partial charge in [0.15, 0.2) is 5.96 Å². The van der Waals surface area contributed by atoms with Gasteiger partial charge in [0.25, 0.3) is 0 Å². The first kappa shape index (κ1) is 19.5. The lowest BCUT2D eigenvalue weighted by atomic mass is 10.2. The molecule has 0 aromatic heterocycles. The molecule has 0 spiro atoms. The van der Waals surface area contributed by atoms with E-state index in [0.29, 0.717) is 36.2 Å². The Kier molecular flexibility index (Phi) is 7.23. The van der Waals surface area contributed by atoms with E-state index in [1.165, 1.54) is 12.1 Å². The summed E-state index contributed by atoms with van der Waals surface area (Å²) in [4.78, 5) is 6.42. The van der Waals surface area contributed by atoms with Crippen LogP contribution in [0.4, 0.5) is 10.1 Å². The Balaban J connectivity index is 1.87. The highest BCUT2D eigenvalue weighted by Gasteiger charge is 2.06. The van der Waals surface area contributed by atoms with Crippen LogP contribution in [0.1, 0.15) is 5.56 Å². The fraction of sp³-hybridized carbons (Fsp3) is 0.316. The fourth-order valence-electron chi connectivity index (χ4n) is 2.41. The van der Waals surface area contributed by atoms with E-state index in [1.807, 2.05) is 13.1 Å². The number of hydrogen-bond acceptors (Lipinski definition) is 4. The highest BCUT2D eigenvalue weighted by Crippen LogP contribution is 2.28. The first-order valence-electron chi connectivity index (χ1n) is 8.23. The molecule has 7 heteroatoms. The molecule has 0 fully saturated rings. The SMILES string of the molecule is COc1ccc(OC)c(NC(N)=NCCN(C)Cc2ccc(F)cc2)c1. The van der Waals surface area contributed by atoms with E-state index >= 15 is 0 Å². The summed E-state index contributed by atoms with van der Waals surface area (Å²) in [5.41, 5.74) is 7.69. The van der Waals surface area contributed by atoms with E-state index in [0.717, 1.165) is 12.1 Å². The molecule has 2 aromatic carbocycles. The molecule has 0 heterocycles. The maximum absolute atomic E-state index is 12.9. The number of ether oxygens (including phenoxy) is 2. The van der Waals surface area contributed by atoms with E-state index in [4.69, 9.17) is 15.2 Å². The normalized spacial score (nSPS) is 11.5. The van der Waals surface area contributed by atoms with E-state index in [-0.39, 0.29) is 5.82 Å². The average molecular weight is 360 g/mol. The van der Waals surface area contributed by atoms with Gasteiger partial charge in [-0.1, -0.05) is 12.1 Å². The summed E-state index contributed by atoms with van der Waals surface area (Å²) >= 11 is 0. The number of aliphatic imine (C=N–C) groups is 1. The lowest BCUT2D eigenvalue weighted by molar-refractivity contribution is 0.336. The summed E-state index contributed by atoms with van der Waals surface area (Å²) in [5.74, 6) is 1.41. The van der Waals surface area contributed by atoms with Crippen molar-refractivity contribution in [2.24, 2.45) is 10.7 Å². The summed E-state index contributed by atoms with van der Waals surface area (Å²) in [5, 5.41) is 3.03. The molecule has 0 aliphatic heterocycles. The number of nitrogens with one attached hydrogen (secondary N) is 1. The summed E-state index contributed by atoms with van der Waals surface area (Å²) in [7, 11) is 5.16. The van der Waals surface area contributed by atoms with E-state index in [1.54, 1.807) is 38.5 Å². The second-order valence-corrected chi connectivity index (χ2v) is 5.82. The van der Waals surface area contributed by atoms with E-state index in [9.17, 15) is 4.39 Å². The van der Waals surface area contributed by atoms with Crippen LogP contribution in [0.15, 0.2) is 47.5 Å². The van der Waals surface area contributed by atoms with Gasteiger partial charge < -0.3 is 25.4 Å². The Morgan fingerprint density at radius 1 is 1.15 bits per heavy atom. The minimum atomic E-state index is -0.229. The Hall–Kier alpha value is -2.80. The van der Waals surface area contributed by atoms with Crippen molar-refractivity contribution in [1.82, 2.24) is 4.90 Å². The van der Waals surface area contributed by atoms with Crippen molar-refractivity contribution in [3.8, 4) is 11.5 Å². The Labute approximate surface area is 153 Å². The second-order valence-electron chi connectivity index (χ2n) is 5.82. The Bertz CT molecular complexity index is 735. The zero-order valence-corrected chi connectivity index (χ0v) is 15.3. The Morgan fingerprint density at radius 2 is 1.88 bits per heavy atom. The molecule has 0 unspecified atom stereocenters. The quantitative estimate of drug-likeness (QED) is 0.559. The van der Waals surface area contributed by atoms with Gasteiger partial charge in [-0.3, -0.25) is 4.99 Å². The fourth-order valence-corrected chi connectivity index (χ4v) is 2.41.